The average Bonchev–Trinajstić information content (AvgIpc) is 2.72. The van der Waals surface area contributed by atoms with Gasteiger partial charge in [0.05, 0.1) is 13.2 Å². The molecule has 2 N–H and O–H groups in total. The summed E-state index contributed by atoms with van der Waals surface area (Å²) in [5.41, 5.74) is 6.12. The fraction of sp³-hybridized carbons (Fsp3) is 1.00. The molecule has 0 aromatic heterocycles. The molecule has 2 rings (SSSR count). The smallest absolute Gasteiger partial charge is 0.0622 e. The maximum Gasteiger partial charge on any atom is 0.0622 e. The normalized spacial score (nSPS) is 36.8. The van der Waals surface area contributed by atoms with E-state index in [2.05, 4.69) is 11.8 Å². The number of hydrogen-bond acceptors (Lipinski definition) is 3. The molecular formula is C13H26N2O. The van der Waals surface area contributed by atoms with Gasteiger partial charge in [0, 0.05) is 18.6 Å². The van der Waals surface area contributed by atoms with Crippen LogP contribution in [0.4, 0.5) is 0 Å². The molecule has 94 valence electrons. The molecule has 0 aromatic carbocycles. The number of morpholine rings is 1. The average molecular weight is 226 g/mol. The van der Waals surface area contributed by atoms with Gasteiger partial charge in [-0.25, -0.2) is 0 Å². The van der Waals surface area contributed by atoms with Crippen LogP contribution in [-0.2, 0) is 4.74 Å². The molecule has 1 saturated heterocycles. The van der Waals surface area contributed by atoms with Gasteiger partial charge in [0.2, 0.25) is 0 Å². The highest BCUT2D eigenvalue weighted by Crippen LogP contribution is 2.27. The summed E-state index contributed by atoms with van der Waals surface area (Å²) in [5, 5.41) is 0. The standard InChI is InChI=1S/C13H26N2O/c1-2-12-10-16-9-8-15(12)7-6-11-4-3-5-13(11)14/h11-13H,2-10,14H2,1H3. The van der Waals surface area contributed by atoms with Crippen LogP contribution < -0.4 is 5.73 Å². The molecule has 3 nitrogen and oxygen atoms in total. The highest BCUT2D eigenvalue weighted by Gasteiger charge is 2.26. The number of rotatable bonds is 4. The zero-order valence-electron chi connectivity index (χ0n) is 10.5. The van der Waals surface area contributed by atoms with Crippen molar-refractivity contribution in [3.8, 4) is 0 Å². The Kier molecular flexibility index (Phi) is 4.62. The van der Waals surface area contributed by atoms with E-state index in [1.54, 1.807) is 0 Å². The first-order valence-electron chi connectivity index (χ1n) is 6.88. The van der Waals surface area contributed by atoms with Gasteiger partial charge in [0.1, 0.15) is 0 Å². The summed E-state index contributed by atoms with van der Waals surface area (Å²) < 4.78 is 5.53. The predicted octanol–water partition coefficient (Wildman–Crippen LogP) is 1.61. The van der Waals surface area contributed by atoms with Gasteiger partial charge in [-0.2, -0.15) is 0 Å². The predicted molar refractivity (Wildman–Crippen MR) is 66.4 cm³/mol. The van der Waals surface area contributed by atoms with Crippen LogP contribution in [0.3, 0.4) is 0 Å². The lowest BCUT2D eigenvalue weighted by atomic mass is 9.99. The Morgan fingerprint density at radius 1 is 1.38 bits per heavy atom. The van der Waals surface area contributed by atoms with Crippen molar-refractivity contribution >= 4 is 0 Å². The molecule has 1 aliphatic heterocycles. The molecule has 2 aliphatic rings. The third-order valence-electron chi connectivity index (χ3n) is 4.33. The molecule has 0 aromatic rings. The van der Waals surface area contributed by atoms with Gasteiger partial charge in [0.15, 0.2) is 0 Å². The highest BCUT2D eigenvalue weighted by atomic mass is 16.5. The van der Waals surface area contributed by atoms with Crippen molar-refractivity contribution in [3.05, 3.63) is 0 Å². The van der Waals surface area contributed by atoms with Crippen molar-refractivity contribution in [2.24, 2.45) is 11.7 Å². The Labute approximate surface area is 99.3 Å². The molecular weight excluding hydrogens is 200 g/mol. The Bertz CT molecular complexity index is 210. The van der Waals surface area contributed by atoms with Crippen molar-refractivity contribution in [3.63, 3.8) is 0 Å². The second-order valence-electron chi connectivity index (χ2n) is 5.32. The largest absolute Gasteiger partial charge is 0.378 e. The summed E-state index contributed by atoms with van der Waals surface area (Å²) in [5.74, 6) is 0.778. The summed E-state index contributed by atoms with van der Waals surface area (Å²) in [4.78, 5) is 2.61. The molecule has 16 heavy (non-hydrogen) atoms. The van der Waals surface area contributed by atoms with Crippen LogP contribution in [0.25, 0.3) is 0 Å². The molecule has 0 radical (unpaired) electrons. The first-order valence-corrected chi connectivity index (χ1v) is 6.88. The molecule has 3 unspecified atom stereocenters. The molecule has 3 atom stereocenters. The van der Waals surface area contributed by atoms with E-state index in [1.807, 2.05) is 0 Å². The Balaban J connectivity index is 1.75. The van der Waals surface area contributed by atoms with E-state index in [-0.39, 0.29) is 0 Å². The molecule has 1 aliphatic carbocycles. The van der Waals surface area contributed by atoms with Crippen LogP contribution in [0, 0.1) is 5.92 Å². The van der Waals surface area contributed by atoms with Crippen LogP contribution in [0.1, 0.15) is 39.0 Å². The second-order valence-corrected chi connectivity index (χ2v) is 5.32. The lowest BCUT2D eigenvalue weighted by molar-refractivity contribution is -0.0109. The fourth-order valence-electron chi connectivity index (χ4n) is 3.12. The van der Waals surface area contributed by atoms with E-state index in [0.717, 1.165) is 25.7 Å². The van der Waals surface area contributed by atoms with Crippen LogP contribution in [0.5, 0.6) is 0 Å². The zero-order valence-corrected chi connectivity index (χ0v) is 10.5. The van der Waals surface area contributed by atoms with E-state index in [1.165, 1.54) is 38.6 Å². The number of nitrogens with two attached hydrogens (primary N) is 1. The van der Waals surface area contributed by atoms with Gasteiger partial charge in [-0.15, -0.1) is 0 Å². The third-order valence-corrected chi connectivity index (χ3v) is 4.33. The van der Waals surface area contributed by atoms with Crippen LogP contribution in [-0.4, -0.2) is 43.3 Å². The Hall–Kier alpha value is -0.120. The first-order chi connectivity index (χ1) is 7.81. The number of ether oxygens (including phenoxy) is 1. The zero-order chi connectivity index (χ0) is 11.4. The summed E-state index contributed by atoms with van der Waals surface area (Å²) in [6.07, 6.45) is 6.42. The monoisotopic (exact) mass is 226 g/mol. The molecule has 3 heteroatoms. The van der Waals surface area contributed by atoms with Gasteiger partial charge in [-0.1, -0.05) is 13.3 Å². The van der Waals surface area contributed by atoms with Gasteiger partial charge in [-0.3, -0.25) is 4.90 Å². The quantitative estimate of drug-likeness (QED) is 0.791. The Morgan fingerprint density at radius 3 is 2.94 bits per heavy atom. The SMILES string of the molecule is CCC1COCCN1CCC1CCCC1N. The third kappa shape index (κ3) is 2.96. The lowest BCUT2D eigenvalue weighted by Crippen LogP contribution is -2.46. The summed E-state index contributed by atoms with van der Waals surface area (Å²) >= 11 is 0. The Morgan fingerprint density at radius 2 is 2.25 bits per heavy atom. The van der Waals surface area contributed by atoms with Gasteiger partial charge in [0.25, 0.3) is 0 Å². The van der Waals surface area contributed by atoms with Crippen LogP contribution >= 0.6 is 0 Å². The van der Waals surface area contributed by atoms with E-state index < -0.39 is 0 Å². The maximum atomic E-state index is 6.12. The van der Waals surface area contributed by atoms with E-state index >= 15 is 0 Å². The first kappa shape index (κ1) is 12.3. The van der Waals surface area contributed by atoms with Crippen LogP contribution in [0.15, 0.2) is 0 Å². The maximum absolute atomic E-state index is 6.12. The molecule has 0 amide bonds. The highest BCUT2D eigenvalue weighted by molar-refractivity contribution is 4.82. The topological polar surface area (TPSA) is 38.5 Å². The molecule has 0 spiro atoms. The van der Waals surface area contributed by atoms with Gasteiger partial charge >= 0.3 is 0 Å². The van der Waals surface area contributed by atoms with E-state index in [9.17, 15) is 0 Å². The molecule has 2 fully saturated rings. The summed E-state index contributed by atoms with van der Waals surface area (Å²) in [6.45, 7) is 6.43. The molecule has 1 heterocycles. The van der Waals surface area contributed by atoms with Crippen molar-refractivity contribution in [1.82, 2.24) is 4.90 Å². The minimum Gasteiger partial charge on any atom is -0.378 e. The molecule has 1 saturated carbocycles. The van der Waals surface area contributed by atoms with Gasteiger partial charge < -0.3 is 10.5 Å². The minimum atomic E-state index is 0.473. The van der Waals surface area contributed by atoms with Crippen LogP contribution in [0.2, 0.25) is 0 Å². The van der Waals surface area contributed by atoms with Gasteiger partial charge in [-0.05, 0) is 38.1 Å². The summed E-state index contributed by atoms with van der Waals surface area (Å²) in [7, 11) is 0. The number of nitrogens with zero attached hydrogens (tertiary/aromatic N) is 1. The second kappa shape index (κ2) is 5.99. The number of hydrogen-bond donors (Lipinski definition) is 1. The lowest BCUT2D eigenvalue weighted by Gasteiger charge is -2.35. The van der Waals surface area contributed by atoms with Crippen molar-refractivity contribution in [1.29, 1.82) is 0 Å². The van der Waals surface area contributed by atoms with Crippen molar-refractivity contribution < 1.29 is 4.74 Å². The fourth-order valence-corrected chi connectivity index (χ4v) is 3.12. The summed E-state index contributed by atoms with van der Waals surface area (Å²) in [6, 6.07) is 1.12. The molecule has 0 bridgehead atoms. The van der Waals surface area contributed by atoms with E-state index in [4.69, 9.17) is 10.5 Å². The minimum absolute atomic E-state index is 0.473. The van der Waals surface area contributed by atoms with E-state index in [0.29, 0.717) is 12.1 Å². The van der Waals surface area contributed by atoms with Crippen molar-refractivity contribution in [2.75, 3.05) is 26.3 Å². The van der Waals surface area contributed by atoms with Crippen molar-refractivity contribution in [2.45, 2.75) is 51.1 Å².